The van der Waals surface area contributed by atoms with Gasteiger partial charge in [0.1, 0.15) is 0 Å². The molecule has 25 heavy (non-hydrogen) atoms. The van der Waals surface area contributed by atoms with Crippen molar-refractivity contribution in [2.24, 2.45) is 0 Å². The number of amides is 3. The molecule has 1 aromatic rings. The number of nitrogens with one attached hydrogen (secondary N) is 4. The van der Waals surface area contributed by atoms with Crippen molar-refractivity contribution in [3.63, 3.8) is 0 Å². The van der Waals surface area contributed by atoms with E-state index in [9.17, 15) is 14.4 Å². The normalized spacial score (nSPS) is 14.2. The highest BCUT2D eigenvalue weighted by molar-refractivity contribution is 6.04. The Kier molecular flexibility index (Phi) is 5.05. The van der Waals surface area contributed by atoms with E-state index in [4.69, 9.17) is 9.47 Å². The van der Waals surface area contributed by atoms with Crippen LogP contribution in [0.4, 0.5) is 15.3 Å². The smallest absolute Gasteiger partial charge is 0.411 e. The zero-order valence-electron chi connectivity index (χ0n) is 14.0. The summed E-state index contributed by atoms with van der Waals surface area (Å²) < 4.78 is 19.5. The predicted octanol–water partition coefficient (Wildman–Crippen LogP) is 0.182. The lowest BCUT2D eigenvalue weighted by Gasteiger charge is -2.40. The fourth-order valence-electron chi connectivity index (χ4n) is 2.26. The summed E-state index contributed by atoms with van der Waals surface area (Å²) >= 11 is 0. The minimum atomic E-state index is -1.91. The number of ether oxygens (including phenoxy) is 4. The molecule has 3 amide bonds. The lowest BCUT2D eigenvalue weighted by molar-refractivity contribution is 0.0827. The molecule has 0 fully saturated rings. The molecule has 1 aliphatic rings. The molecule has 0 saturated heterocycles. The van der Waals surface area contributed by atoms with Gasteiger partial charge in [-0.2, -0.15) is 0 Å². The van der Waals surface area contributed by atoms with Gasteiger partial charge in [-0.05, 0) is 12.1 Å². The largest absolute Gasteiger partial charge is 0.493 e. The minimum absolute atomic E-state index is 0.193. The van der Waals surface area contributed by atoms with Gasteiger partial charge >= 0.3 is 12.2 Å². The molecule has 1 aliphatic heterocycles. The molecule has 0 bridgehead atoms. The van der Waals surface area contributed by atoms with Gasteiger partial charge in [0.25, 0.3) is 11.8 Å². The van der Waals surface area contributed by atoms with Gasteiger partial charge in [0.2, 0.25) is 0 Å². The predicted molar refractivity (Wildman–Crippen MR) is 84.4 cm³/mol. The first kappa shape index (κ1) is 18.0. The van der Waals surface area contributed by atoms with Crippen molar-refractivity contribution in [3.8, 4) is 11.5 Å². The Bertz CT molecular complexity index is 689. The van der Waals surface area contributed by atoms with Crippen molar-refractivity contribution in [1.82, 2.24) is 16.0 Å². The summed E-state index contributed by atoms with van der Waals surface area (Å²) in [6.07, 6.45) is -1.84. The lowest BCUT2D eigenvalue weighted by atomic mass is 10.1. The third kappa shape index (κ3) is 3.44. The molecule has 1 aromatic carbocycles. The summed E-state index contributed by atoms with van der Waals surface area (Å²) in [7, 11) is 5.07. The Morgan fingerprint density at radius 1 is 0.960 bits per heavy atom. The van der Waals surface area contributed by atoms with Crippen molar-refractivity contribution >= 4 is 23.8 Å². The van der Waals surface area contributed by atoms with E-state index in [-0.39, 0.29) is 17.0 Å². The molecule has 0 radical (unpaired) electrons. The molecule has 1 heterocycles. The zero-order chi connectivity index (χ0) is 18.6. The van der Waals surface area contributed by atoms with Crippen LogP contribution in [0.2, 0.25) is 0 Å². The maximum atomic E-state index is 12.5. The lowest BCUT2D eigenvalue weighted by Crippen LogP contribution is -2.76. The fraction of sp³-hybridized carbons (Fsp3) is 0.357. The van der Waals surface area contributed by atoms with E-state index in [1.54, 1.807) is 6.07 Å². The highest BCUT2D eigenvalue weighted by atomic mass is 16.5. The first-order chi connectivity index (χ1) is 11.9. The first-order valence-corrected chi connectivity index (χ1v) is 6.97. The van der Waals surface area contributed by atoms with Crippen molar-refractivity contribution < 1.29 is 33.3 Å². The Morgan fingerprint density at radius 2 is 1.56 bits per heavy atom. The van der Waals surface area contributed by atoms with Gasteiger partial charge in [0.15, 0.2) is 11.5 Å². The van der Waals surface area contributed by atoms with Crippen LogP contribution in [-0.4, -0.2) is 52.4 Å². The van der Waals surface area contributed by atoms with E-state index in [0.717, 1.165) is 14.2 Å². The Labute approximate surface area is 142 Å². The van der Waals surface area contributed by atoms with E-state index >= 15 is 0 Å². The maximum absolute atomic E-state index is 12.5. The van der Waals surface area contributed by atoms with Crippen LogP contribution in [-0.2, 0) is 9.47 Å². The number of rotatable bonds is 4. The molecule has 0 unspecified atom stereocenters. The van der Waals surface area contributed by atoms with Gasteiger partial charge in [0, 0.05) is 0 Å². The van der Waals surface area contributed by atoms with E-state index in [2.05, 4.69) is 30.7 Å². The summed E-state index contributed by atoms with van der Waals surface area (Å²) in [5, 5.41) is 9.83. The molecule has 0 aliphatic carbocycles. The van der Waals surface area contributed by atoms with Crippen LogP contribution in [0.3, 0.4) is 0 Å². The second kappa shape index (κ2) is 7.03. The average molecular weight is 354 g/mol. The molecule has 11 nitrogen and oxygen atoms in total. The second-order valence-corrected chi connectivity index (χ2v) is 4.79. The molecule has 136 valence electrons. The van der Waals surface area contributed by atoms with Gasteiger partial charge < -0.3 is 24.3 Å². The SMILES string of the molecule is COC(=O)NC1(NC(=O)OC)NC(=O)c2ccc(OC)c(OC)c2N1. The number of carbonyl (C=O) groups excluding carboxylic acids is 3. The summed E-state index contributed by atoms with van der Waals surface area (Å²) in [5.74, 6) is -1.96. The number of hydrogen-bond donors (Lipinski definition) is 4. The summed E-state index contributed by atoms with van der Waals surface area (Å²) in [5.41, 5.74) is 0.407. The molecule has 0 atom stereocenters. The van der Waals surface area contributed by atoms with Gasteiger partial charge in [-0.25, -0.2) is 9.59 Å². The average Bonchev–Trinajstić information content (AvgIpc) is 2.60. The van der Waals surface area contributed by atoms with Crippen molar-refractivity contribution in [2.45, 2.75) is 5.91 Å². The Morgan fingerprint density at radius 3 is 2.04 bits per heavy atom. The standard InChI is InChI=1S/C14H18N4O7/c1-22-8-6-5-7-9(10(8)23-2)15-14(16-11(7)19,17-12(20)24-3)18-13(21)25-4/h5-6,15H,1-4H3,(H,16,19)(H,17,20)(H,18,21). The van der Waals surface area contributed by atoms with Gasteiger partial charge in [-0.1, -0.05) is 0 Å². The second-order valence-electron chi connectivity index (χ2n) is 4.79. The molecule has 11 heteroatoms. The summed E-state index contributed by atoms with van der Waals surface area (Å²) in [4.78, 5) is 35.8. The Balaban J connectivity index is 2.53. The molecule has 4 N–H and O–H groups in total. The van der Waals surface area contributed by atoms with Crippen LogP contribution in [0, 0.1) is 0 Å². The van der Waals surface area contributed by atoms with Crippen molar-refractivity contribution in [2.75, 3.05) is 33.8 Å². The summed E-state index contributed by atoms with van der Waals surface area (Å²) in [6.45, 7) is 0. The highest BCUT2D eigenvalue weighted by Crippen LogP contribution is 2.40. The quantitative estimate of drug-likeness (QED) is 0.562. The molecule has 0 saturated carbocycles. The highest BCUT2D eigenvalue weighted by Gasteiger charge is 2.43. The van der Waals surface area contributed by atoms with Crippen LogP contribution >= 0.6 is 0 Å². The maximum Gasteiger partial charge on any atom is 0.411 e. The van der Waals surface area contributed by atoms with Crippen LogP contribution < -0.4 is 30.7 Å². The van der Waals surface area contributed by atoms with Crippen LogP contribution in [0.1, 0.15) is 10.4 Å². The number of alkyl carbamates (subject to hydrolysis) is 2. The van der Waals surface area contributed by atoms with E-state index in [1.807, 2.05) is 0 Å². The number of fused-ring (bicyclic) bond motifs is 1. The number of methoxy groups -OCH3 is 4. The molecular weight excluding hydrogens is 336 g/mol. The van der Waals surface area contributed by atoms with Crippen molar-refractivity contribution in [3.05, 3.63) is 17.7 Å². The molecule has 0 spiro atoms. The third-order valence-electron chi connectivity index (χ3n) is 3.35. The fourth-order valence-corrected chi connectivity index (χ4v) is 2.26. The molecule has 2 rings (SSSR count). The van der Waals surface area contributed by atoms with Gasteiger partial charge in [-0.3, -0.25) is 20.7 Å². The van der Waals surface area contributed by atoms with E-state index in [0.29, 0.717) is 5.75 Å². The van der Waals surface area contributed by atoms with Gasteiger partial charge in [-0.15, -0.1) is 0 Å². The van der Waals surface area contributed by atoms with Crippen LogP contribution in [0.5, 0.6) is 11.5 Å². The van der Waals surface area contributed by atoms with Crippen LogP contribution in [0.15, 0.2) is 12.1 Å². The van der Waals surface area contributed by atoms with Crippen molar-refractivity contribution in [1.29, 1.82) is 0 Å². The minimum Gasteiger partial charge on any atom is -0.493 e. The Hall–Kier alpha value is -3.37. The van der Waals surface area contributed by atoms with Crippen LogP contribution in [0.25, 0.3) is 0 Å². The number of anilines is 1. The third-order valence-corrected chi connectivity index (χ3v) is 3.35. The summed E-state index contributed by atoms with van der Waals surface area (Å²) in [6, 6.07) is 3.05. The van der Waals surface area contributed by atoms with Gasteiger partial charge in [0.05, 0.1) is 39.7 Å². The van der Waals surface area contributed by atoms with E-state index < -0.39 is 24.0 Å². The number of benzene rings is 1. The monoisotopic (exact) mass is 354 g/mol. The molecule has 0 aromatic heterocycles. The first-order valence-electron chi connectivity index (χ1n) is 6.97. The zero-order valence-corrected chi connectivity index (χ0v) is 14.0. The number of hydrogen-bond acceptors (Lipinski definition) is 8. The molecular formula is C14H18N4O7. The van der Waals surface area contributed by atoms with E-state index in [1.165, 1.54) is 20.3 Å². The topological polar surface area (TPSA) is 136 Å². The number of carbonyl (C=O) groups is 3.